The number of hydrogen-bond acceptors (Lipinski definition) is 10. The van der Waals surface area contributed by atoms with E-state index in [1.807, 2.05) is 42.5 Å². The quantitative estimate of drug-likeness (QED) is 0.0509. The number of carbonyl (C=O) groups is 1. The average molecular weight is 893 g/mol. The summed E-state index contributed by atoms with van der Waals surface area (Å²) in [6, 6.07) is 24.3. The Balaban J connectivity index is 1.19. The number of benzene rings is 4. The van der Waals surface area contributed by atoms with Gasteiger partial charge in [0, 0.05) is 29.3 Å². The summed E-state index contributed by atoms with van der Waals surface area (Å²) >= 11 is 0. The maximum Gasteiger partial charge on any atom is 0.200 e. The number of aromatic nitrogens is 2. The van der Waals surface area contributed by atoms with Crippen LogP contribution in [0.4, 0.5) is 11.5 Å². The van der Waals surface area contributed by atoms with Gasteiger partial charge in [0.2, 0.25) is 5.75 Å². The number of fused-ring (bicyclic) bond motifs is 7. The monoisotopic (exact) mass is 892 g/mol. The molecule has 9 rings (SSSR count). The number of nitrogens with one attached hydrogen (secondary N) is 1. The number of pyridine rings is 1. The lowest BCUT2D eigenvalue weighted by molar-refractivity contribution is -0.132. The molecule has 2 bridgehead atoms. The van der Waals surface area contributed by atoms with Crippen LogP contribution in [0, 0.1) is 17.8 Å². The van der Waals surface area contributed by atoms with Gasteiger partial charge < -0.3 is 45.3 Å². The molecule has 66 heavy (non-hydrogen) atoms. The lowest BCUT2D eigenvalue weighted by Gasteiger charge is -2.45. The molecule has 5 atom stereocenters. The van der Waals surface area contributed by atoms with Crippen LogP contribution in [0.1, 0.15) is 111 Å². The number of anilines is 2. The second-order valence-electron chi connectivity index (χ2n) is 19.3. The predicted molar refractivity (Wildman–Crippen MR) is 255 cm³/mol. The van der Waals surface area contributed by atoms with Crippen molar-refractivity contribution in [1.82, 2.24) is 9.97 Å². The van der Waals surface area contributed by atoms with Crippen molar-refractivity contribution in [1.29, 1.82) is 0 Å². The van der Waals surface area contributed by atoms with Gasteiger partial charge in [-0.05, 0) is 170 Å². The highest BCUT2D eigenvalue weighted by Gasteiger charge is 2.54. The molecule has 346 valence electrons. The second kappa shape index (κ2) is 19.3. The Morgan fingerprint density at radius 3 is 2.64 bits per heavy atom. The number of phenols is 4. The number of nitrogens with zero attached hydrogens (tertiary/aromatic N) is 2. The maximum atomic E-state index is 16.0. The molecule has 0 saturated heterocycles. The standard InChI is InChI=1S/C55H62N3O8/c1-33(2)7-5-25-65-50-30-37(29-49(63)53(50)64)35-11-16-44-42-17-15-41(59)27-36(42)12-18-45(44)58-51-32-39(21-24-57-51)55(22-3-8-38(55)31-40-9-4-23-56-40)52(48(62)28-35)46(60)19-13-34-14-20-47(61)54-43(34)10-6-26-66-54/h4,9,12,14-15,17-18,20-21,23-24,27,29-30,32-33,35,38,46,52,59-61,63-64H,3,5-8,10-11,13,16,19,22,25-26,28,31H2,1-2H3,(H,57,58)/q-1/t35-,38-,46-,52-,55-/m1/s1. The molecule has 0 radical (unpaired) electrons. The zero-order valence-corrected chi connectivity index (χ0v) is 38.0. The number of aromatic hydroxyl groups is 4. The van der Waals surface area contributed by atoms with E-state index in [2.05, 4.69) is 25.2 Å². The Labute approximate surface area is 386 Å². The van der Waals surface area contributed by atoms with Crippen LogP contribution in [-0.2, 0) is 35.9 Å². The Morgan fingerprint density at radius 1 is 0.924 bits per heavy atom. The van der Waals surface area contributed by atoms with Gasteiger partial charge in [0.05, 0.1) is 25.2 Å². The van der Waals surface area contributed by atoms with Crippen LogP contribution >= 0.6 is 0 Å². The molecule has 1 fully saturated rings. The molecule has 11 nitrogen and oxygen atoms in total. The molecule has 0 amide bonds. The minimum Gasteiger partial charge on any atom is -0.668 e. The van der Waals surface area contributed by atoms with Gasteiger partial charge in [0.1, 0.15) is 17.4 Å². The second-order valence-corrected chi connectivity index (χ2v) is 19.3. The Bertz CT molecular complexity index is 2680. The molecule has 1 saturated carbocycles. The highest BCUT2D eigenvalue weighted by Crippen LogP contribution is 2.55. The van der Waals surface area contributed by atoms with Gasteiger partial charge in [-0.3, -0.25) is 4.79 Å². The first kappa shape index (κ1) is 45.0. The number of aliphatic hydroxyl groups is 1. The molecular formula is C55H62N3O8-. The number of carbonyl (C=O) groups excluding carboxylic acids is 1. The van der Waals surface area contributed by atoms with Crippen LogP contribution in [0.15, 0.2) is 91.3 Å². The minimum absolute atomic E-state index is 0.0443. The molecule has 11 heteroatoms. The van der Waals surface area contributed by atoms with Crippen LogP contribution in [0.3, 0.4) is 0 Å². The van der Waals surface area contributed by atoms with Gasteiger partial charge in [-0.2, -0.15) is 11.9 Å². The molecule has 1 spiro atoms. The van der Waals surface area contributed by atoms with Gasteiger partial charge in [-0.1, -0.05) is 50.6 Å². The normalized spacial score (nSPS) is 21.3. The molecule has 6 N–H and O–H groups in total. The molecule has 3 aliphatic rings. The van der Waals surface area contributed by atoms with Gasteiger partial charge in [0.15, 0.2) is 23.0 Å². The molecule has 2 aromatic heterocycles. The summed E-state index contributed by atoms with van der Waals surface area (Å²) in [7, 11) is 0. The molecule has 6 aromatic rings. The number of aliphatic hydroxyl groups excluding tert-OH is 1. The van der Waals surface area contributed by atoms with Crippen molar-refractivity contribution >= 4 is 28.1 Å². The van der Waals surface area contributed by atoms with Gasteiger partial charge in [0.25, 0.3) is 0 Å². The third kappa shape index (κ3) is 9.14. The number of phenolic OH excluding ortho intramolecular Hbond substituents is 4. The van der Waals surface area contributed by atoms with E-state index in [1.54, 1.807) is 42.7 Å². The molecule has 1 aliphatic carbocycles. The largest absolute Gasteiger partial charge is 0.668 e. The SMILES string of the molecule is CC(C)CCCOc1cc([C@@H]2CCc3c(ccc4cc(O)ccc34)Nc3cc(ccn3)[C@]3(CCC[C@@H]3Cc3ccc[n-]3)[C@H]([C@H](O)CCc3ccc(O)c4c3CCCO4)C(=O)C2)cc(O)c1O. The van der Waals surface area contributed by atoms with E-state index in [9.17, 15) is 25.5 Å². The van der Waals surface area contributed by atoms with Gasteiger partial charge >= 0.3 is 0 Å². The summed E-state index contributed by atoms with van der Waals surface area (Å²) in [6.07, 6.45) is 10.6. The third-order valence-electron chi connectivity index (χ3n) is 14.7. The first-order chi connectivity index (χ1) is 32.0. The van der Waals surface area contributed by atoms with Gasteiger partial charge in [-0.25, -0.2) is 4.98 Å². The van der Waals surface area contributed by atoms with Crippen LogP contribution in [0.25, 0.3) is 10.8 Å². The van der Waals surface area contributed by atoms with E-state index < -0.39 is 23.4 Å². The number of aryl methyl sites for hydroxylation is 2. The van der Waals surface area contributed by atoms with Crippen molar-refractivity contribution < 1.29 is 39.8 Å². The van der Waals surface area contributed by atoms with E-state index in [0.29, 0.717) is 74.8 Å². The molecule has 4 heterocycles. The number of ketones is 1. The summed E-state index contributed by atoms with van der Waals surface area (Å²) < 4.78 is 12.1. The van der Waals surface area contributed by atoms with Crippen molar-refractivity contribution in [3.8, 4) is 34.5 Å². The van der Waals surface area contributed by atoms with Crippen LogP contribution in [0.5, 0.6) is 34.5 Å². The number of Topliss-reactive ketones (excluding diaryl/α,β-unsaturated/α-hetero) is 1. The summed E-state index contributed by atoms with van der Waals surface area (Å²) in [6.45, 7) is 5.19. The van der Waals surface area contributed by atoms with Crippen molar-refractivity contribution in [3.05, 3.63) is 125 Å². The number of ether oxygens (including phenoxy) is 2. The molecule has 0 unspecified atom stereocenters. The minimum atomic E-state index is -1.06. The fraction of sp³-hybridized carbons (Fsp3) is 0.418. The Hall–Kier alpha value is -6.20. The Kier molecular flexibility index (Phi) is 13.2. The number of hydrogen-bond donors (Lipinski definition) is 6. The molecule has 4 aromatic carbocycles. The lowest BCUT2D eigenvalue weighted by atomic mass is 9.58. The van der Waals surface area contributed by atoms with Gasteiger partial charge in [-0.15, -0.1) is 0 Å². The summed E-state index contributed by atoms with van der Waals surface area (Å²) in [4.78, 5) is 25.6. The van der Waals surface area contributed by atoms with E-state index >= 15 is 4.79 Å². The fourth-order valence-corrected chi connectivity index (χ4v) is 11.5. The van der Waals surface area contributed by atoms with Crippen molar-refractivity contribution in [2.45, 2.75) is 115 Å². The topological polar surface area (TPSA) is 176 Å². The van der Waals surface area contributed by atoms with E-state index in [1.165, 1.54) is 0 Å². The maximum absolute atomic E-state index is 16.0. The van der Waals surface area contributed by atoms with Crippen LogP contribution < -0.4 is 19.8 Å². The lowest BCUT2D eigenvalue weighted by Crippen LogP contribution is -2.50. The predicted octanol–water partition coefficient (Wildman–Crippen LogP) is 10.5. The molecule has 2 aliphatic heterocycles. The third-order valence-corrected chi connectivity index (χ3v) is 14.7. The number of rotatable bonds is 12. The van der Waals surface area contributed by atoms with Crippen LogP contribution in [-0.4, -0.2) is 55.6 Å². The summed E-state index contributed by atoms with van der Waals surface area (Å²) in [5, 5.41) is 62.0. The first-order valence-corrected chi connectivity index (χ1v) is 23.9. The smallest absolute Gasteiger partial charge is 0.200 e. The zero-order valence-electron chi connectivity index (χ0n) is 38.0. The van der Waals surface area contributed by atoms with E-state index in [4.69, 9.17) is 19.4 Å². The van der Waals surface area contributed by atoms with E-state index in [0.717, 1.165) is 82.9 Å². The van der Waals surface area contributed by atoms with Crippen molar-refractivity contribution in [2.24, 2.45) is 17.8 Å². The first-order valence-electron chi connectivity index (χ1n) is 23.9. The zero-order chi connectivity index (χ0) is 46.0. The van der Waals surface area contributed by atoms with Crippen LogP contribution in [0.2, 0.25) is 0 Å². The molecular weight excluding hydrogens is 831 g/mol. The van der Waals surface area contributed by atoms with Crippen molar-refractivity contribution in [3.63, 3.8) is 0 Å². The summed E-state index contributed by atoms with van der Waals surface area (Å²) in [5.74, 6) is -0.0326. The van der Waals surface area contributed by atoms with E-state index in [-0.39, 0.29) is 46.9 Å². The fourth-order valence-electron chi connectivity index (χ4n) is 11.5. The Morgan fingerprint density at radius 2 is 1.80 bits per heavy atom. The highest BCUT2D eigenvalue weighted by molar-refractivity contribution is 5.92. The average Bonchev–Trinajstić information content (AvgIpc) is 3.99. The van der Waals surface area contributed by atoms with Crippen molar-refractivity contribution in [2.75, 3.05) is 18.5 Å². The highest BCUT2D eigenvalue weighted by atomic mass is 16.5. The summed E-state index contributed by atoms with van der Waals surface area (Å²) in [5.41, 5.74) is 5.50.